The molecule has 0 aliphatic carbocycles. The third-order valence-electron chi connectivity index (χ3n) is 5.82. The lowest BCUT2D eigenvalue weighted by Crippen LogP contribution is -2.47. The van der Waals surface area contributed by atoms with Gasteiger partial charge in [-0.1, -0.05) is 30.3 Å². The Morgan fingerprint density at radius 1 is 1.06 bits per heavy atom. The molecule has 0 unspecified atom stereocenters. The van der Waals surface area contributed by atoms with Crippen LogP contribution in [0.4, 0.5) is 11.5 Å². The lowest BCUT2D eigenvalue weighted by Gasteiger charge is -2.32. The van der Waals surface area contributed by atoms with Crippen molar-refractivity contribution in [3.8, 4) is 16.9 Å². The number of benzene rings is 2. The van der Waals surface area contributed by atoms with Crippen molar-refractivity contribution in [2.75, 3.05) is 49.9 Å². The van der Waals surface area contributed by atoms with Gasteiger partial charge in [0, 0.05) is 54.8 Å². The molecule has 4 rings (SSSR count). The number of nitrogens with zero attached hydrogens (tertiary/aromatic N) is 3. The highest BCUT2D eigenvalue weighted by molar-refractivity contribution is 7.92. The highest BCUT2D eigenvalue weighted by atomic mass is 32.2. The lowest BCUT2D eigenvalue weighted by molar-refractivity contribution is 0.0661. The summed E-state index contributed by atoms with van der Waals surface area (Å²) in [7, 11) is -1.30. The van der Waals surface area contributed by atoms with E-state index in [0.717, 1.165) is 36.0 Å². The molecule has 2 heterocycles. The molecule has 0 saturated carbocycles. The van der Waals surface area contributed by atoms with Crippen LogP contribution in [0.25, 0.3) is 11.1 Å². The number of hydrogen-bond donors (Lipinski definition) is 2. The average Bonchev–Trinajstić information content (AvgIpc) is 2.83. The molecule has 1 fully saturated rings. The van der Waals surface area contributed by atoms with Crippen LogP contribution in [0, 0.1) is 0 Å². The van der Waals surface area contributed by atoms with Crippen molar-refractivity contribution in [1.29, 1.82) is 0 Å². The van der Waals surface area contributed by atoms with Gasteiger partial charge in [0.15, 0.2) is 11.6 Å². The number of carbonyl (C=O) groups excluding carboxylic acids is 1. The number of nitrogens with one attached hydrogen (secondary N) is 1. The van der Waals surface area contributed by atoms with Crippen molar-refractivity contribution in [1.82, 2.24) is 14.8 Å². The molecule has 1 amide bonds. The van der Waals surface area contributed by atoms with Crippen molar-refractivity contribution in [2.45, 2.75) is 6.61 Å². The second-order valence-electron chi connectivity index (χ2n) is 8.60. The molecule has 0 bridgehead atoms. The summed E-state index contributed by atoms with van der Waals surface area (Å²) in [6.45, 7) is 3.27. The summed E-state index contributed by atoms with van der Waals surface area (Å²) in [5.41, 5.74) is 9.52. The van der Waals surface area contributed by atoms with Crippen LogP contribution < -0.4 is 15.2 Å². The number of hydrogen-bond acceptors (Lipinski definition) is 7. The molecule has 3 aromatic rings. The Bertz CT molecular complexity index is 1300. The van der Waals surface area contributed by atoms with Crippen LogP contribution in [0.5, 0.6) is 5.75 Å². The number of nitrogen functional groups attached to an aromatic ring is 1. The van der Waals surface area contributed by atoms with Crippen molar-refractivity contribution in [2.24, 2.45) is 0 Å². The molecule has 35 heavy (non-hydrogen) atoms. The van der Waals surface area contributed by atoms with Crippen molar-refractivity contribution >= 4 is 27.4 Å². The molecular formula is C25H29N5O4S. The van der Waals surface area contributed by atoms with Gasteiger partial charge in [0.05, 0.1) is 6.26 Å². The fourth-order valence-electron chi connectivity index (χ4n) is 3.86. The SMILES string of the molecule is CN1CCN(C(=O)c2ccccc2COc2cc(-c3ccc(NS(C)(=O)=O)cc3)cnc2N)CC1. The van der Waals surface area contributed by atoms with Gasteiger partial charge in [-0.25, -0.2) is 13.4 Å². The Hall–Kier alpha value is -3.63. The van der Waals surface area contributed by atoms with Gasteiger partial charge in [-0.3, -0.25) is 9.52 Å². The highest BCUT2D eigenvalue weighted by Crippen LogP contribution is 2.29. The summed E-state index contributed by atoms with van der Waals surface area (Å²) in [5, 5.41) is 0. The number of carbonyl (C=O) groups is 1. The fourth-order valence-corrected chi connectivity index (χ4v) is 4.43. The molecule has 9 nitrogen and oxygen atoms in total. The summed E-state index contributed by atoms with van der Waals surface area (Å²) in [5.74, 6) is 0.648. The monoisotopic (exact) mass is 495 g/mol. The Kier molecular flexibility index (Phi) is 7.23. The summed E-state index contributed by atoms with van der Waals surface area (Å²) >= 11 is 0. The molecule has 3 N–H and O–H groups in total. The molecule has 1 aromatic heterocycles. The van der Waals surface area contributed by atoms with Gasteiger partial charge >= 0.3 is 0 Å². The fraction of sp³-hybridized carbons (Fsp3) is 0.280. The van der Waals surface area contributed by atoms with Gasteiger partial charge in [-0.05, 0) is 36.9 Å². The van der Waals surface area contributed by atoms with Crippen molar-refractivity contribution < 1.29 is 17.9 Å². The first-order valence-electron chi connectivity index (χ1n) is 11.2. The normalized spacial score (nSPS) is 14.5. The zero-order chi connectivity index (χ0) is 25.0. The van der Waals surface area contributed by atoms with Crippen LogP contribution in [0.1, 0.15) is 15.9 Å². The van der Waals surface area contributed by atoms with Gasteiger partial charge in [0.2, 0.25) is 10.0 Å². The van der Waals surface area contributed by atoms with E-state index in [0.29, 0.717) is 30.1 Å². The predicted octanol–water partition coefficient (Wildman–Crippen LogP) is 2.67. The lowest BCUT2D eigenvalue weighted by atomic mass is 10.1. The molecule has 0 atom stereocenters. The number of likely N-dealkylation sites (N-methyl/N-ethyl adjacent to an activating group) is 1. The summed E-state index contributed by atoms with van der Waals surface area (Å²) in [6.07, 6.45) is 2.73. The van der Waals surface area contributed by atoms with E-state index < -0.39 is 10.0 Å². The molecule has 2 aromatic carbocycles. The molecule has 1 saturated heterocycles. The molecule has 0 radical (unpaired) electrons. The van der Waals surface area contributed by atoms with Crippen molar-refractivity contribution in [3.05, 3.63) is 71.9 Å². The van der Waals surface area contributed by atoms with Gasteiger partial charge < -0.3 is 20.3 Å². The second-order valence-corrected chi connectivity index (χ2v) is 10.3. The van der Waals surface area contributed by atoms with E-state index in [1.165, 1.54) is 0 Å². The third-order valence-corrected chi connectivity index (χ3v) is 6.43. The zero-order valence-corrected chi connectivity index (χ0v) is 20.6. The minimum absolute atomic E-state index is 0.0000552. The van der Waals surface area contributed by atoms with Crippen molar-refractivity contribution in [3.63, 3.8) is 0 Å². The molecular weight excluding hydrogens is 466 g/mol. The first kappa shape index (κ1) is 24.5. The Balaban J connectivity index is 1.49. The van der Waals surface area contributed by atoms with Gasteiger partial charge in [-0.15, -0.1) is 0 Å². The van der Waals surface area contributed by atoms with Gasteiger partial charge in [-0.2, -0.15) is 0 Å². The van der Waals surface area contributed by atoms with E-state index in [1.54, 1.807) is 36.5 Å². The Labute approximate surface area is 205 Å². The maximum Gasteiger partial charge on any atom is 0.254 e. The Morgan fingerprint density at radius 3 is 2.43 bits per heavy atom. The number of sulfonamides is 1. The molecule has 1 aliphatic rings. The first-order chi connectivity index (χ1) is 16.7. The van der Waals surface area contributed by atoms with Crippen LogP contribution in [0.3, 0.4) is 0 Å². The third kappa shape index (κ3) is 6.28. The smallest absolute Gasteiger partial charge is 0.254 e. The van der Waals surface area contributed by atoms with Crippen LogP contribution in [-0.4, -0.2) is 68.6 Å². The van der Waals surface area contributed by atoms with Crippen LogP contribution >= 0.6 is 0 Å². The quantitative estimate of drug-likeness (QED) is 0.517. The topological polar surface area (TPSA) is 118 Å². The molecule has 10 heteroatoms. The minimum atomic E-state index is -3.35. The standard InChI is InChI=1S/C25H29N5O4S/c1-29-11-13-30(14-12-29)25(31)22-6-4-3-5-19(22)17-34-23-15-20(16-27-24(23)26)18-7-9-21(10-8-18)28-35(2,32)33/h3-10,15-16,28H,11-14,17H2,1-2H3,(H2,26,27). The first-order valence-corrected chi connectivity index (χ1v) is 13.1. The largest absolute Gasteiger partial charge is 0.485 e. The number of nitrogens with two attached hydrogens (primary N) is 1. The van der Waals surface area contributed by atoms with Crippen LogP contribution in [-0.2, 0) is 16.6 Å². The summed E-state index contributed by atoms with van der Waals surface area (Å²) in [6, 6.07) is 16.1. The van der Waals surface area contributed by atoms with E-state index in [-0.39, 0.29) is 18.3 Å². The number of anilines is 2. The van der Waals surface area contributed by atoms with Gasteiger partial charge in [0.25, 0.3) is 5.91 Å². The zero-order valence-electron chi connectivity index (χ0n) is 19.8. The maximum absolute atomic E-state index is 13.1. The average molecular weight is 496 g/mol. The highest BCUT2D eigenvalue weighted by Gasteiger charge is 2.22. The summed E-state index contributed by atoms with van der Waals surface area (Å²) in [4.78, 5) is 21.5. The number of ether oxygens (including phenoxy) is 1. The van der Waals surface area contributed by atoms with E-state index in [9.17, 15) is 13.2 Å². The molecule has 0 spiro atoms. The molecule has 184 valence electrons. The van der Waals surface area contributed by atoms with Crippen LogP contribution in [0.2, 0.25) is 0 Å². The maximum atomic E-state index is 13.1. The van der Waals surface area contributed by atoms with E-state index in [1.807, 2.05) is 29.2 Å². The number of piperazine rings is 1. The number of rotatable bonds is 7. The number of aromatic nitrogens is 1. The number of pyridine rings is 1. The Morgan fingerprint density at radius 2 is 1.74 bits per heavy atom. The van der Waals surface area contributed by atoms with E-state index in [4.69, 9.17) is 10.5 Å². The second kappa shape index (κ2) is 10.3. The van der Waals surface area contributed by atoms with E-state index >= 15 is 0 Å². The minimum Gasteiger partial charge on any atom is -0.485 e. The molecule has 1 aliphatic heterocycles. The number of amides is 1. The van der Waals surface area contributed by atoms with Gasteiger partial charge in [0.1, 0.15) is 6.61 Å². The summed E-state index contributed by atoms with van der Waals surface area (Å²) < 4.78 is 31.3. The van der Waals surface area contributed by atoms with Crippen LogP contribution in [0.15, 0.2) is 60.8 Å². The van der Waals surface area contributed by atoms with E-state index in [2.05, 4.69) is 21.7 Å². The predicted molar refractivity (Wildman–Crippen MR) is 137 cm³/mol.